The molecule has 1 unspecified atom stereocenters. The summed E-state index contributed by atoms with van der Waals surface area (Å²) in [4.78, 5) is 11.3. The van der Waals surface area contributed by atoms with Crippen molar-refractivity contribution in [1.82, 2.24) is 4.57 Å². The van der Waals surface area contributed by atoms with E-state index in [1.165, 1.54) is 16.8 Å². The molecule has 0 saturated heterocycles. The summed E-state index contributed by atoms with van der Waals surface area (Å²) in [6, 6.07) is 2.90. The van der Waals surface area contributed by atoms with E-state index in [9.17, 15) is 18.7 Å². The fourth-order valence-electron chi connectivity index (χ4n) is 2.43. The Morgan fingerprint density at radius 1 is 1.35 bits per heavy atom. The molecule has 126 valence electrons. The minimum atomic E-state index is -3.03. The number of carbonyl (C=O) groups excluding carboxylic acids is 1. The molecule has 5 nitrogen and oxygen atoms in total. The van der Waals surface area contributed by atoms with Crippen LogP contribution >= 0.6 is 0 Å². The van der Waals surface area contributed by atoms with Crippen LogP contribution in [0.5, 0.6) is 5.75 Å². The fourth-order valence-corrected chi connectivity index (χ4v) is 2.43. The van der Waals surface area contributed by atoms with Crippen LogP contribution in [0.4, 0.5) is 8.78 Å². The molecule has 1 aromatic carbocycles. The zero-order valence-electron chi connectivity index (χ0n) is 13.3. The van der Waals surface area contributed by atoms with Crippen molar-refractivity contribution in [3.8, 4) is 5.75 Å². The fraction of sp³-hybridized carbons (Fsp3) is 0.438. The van der Waals surface area contributed by atoms with E-state index in [0.717, 1.165) is 0 Å². The van der Waals surface area contributed by atoms with Crippen LogP contribution in [0.25, 0.3) is 10.9 Å². The van der Waals surface area contributed by atoms with Gasteiger partial charge >= 0.3 is 6.61 Å². The molecule has 0 aliphatic rings. The van der Waals surface area contributed by atoms with Crippen LogP contribution in [0.15, 0.2) is 18.3 Å². The van der Waals surface area contributed by atoms with Crippen LogP contribution in [0.3, 0.4) is 0 Å². The van der Waals surface area contributed by atoms with Crippen molar-refractivity contribution in [2.24, 2.45) is 0 Å². The molecule has 1 heterocycles. The molecule has 1 aromatic heterocycles. The number of aryl methyl sites for hydroxylation is 1. The molecule has 2 rings (SSSR count). The number of aromatic nitrogens is 1. The van der Waals surface area contributed by atoms with Crippen molar-refractivity contribution in [2.45, 2.75) is 46.3 Å². The number of aldehydes is 1. The van der Waals surface area contributed by atoms with E-state index in [-0.39, 0.29) is 11.3 Å². The molecule has 0 spiro atoms. The minimum absolute atomic E-state index is 0.00705. The van der Waals surface area contributed by atoms with Gasteiger partial charge in [0.05, 0.1) is 16.7 Å². The molecule has 0 aliphatic carbocycles. The van der Waals surface area contributed by atoms with E-state index in [4.69, 9.17) is 4.74 Å². The molecule has 1 N–H and O–H groups in total. The molecule has 0 amide bonds. The van der Waals surface area contributed by atoms with Crippen LogP contribution in [-0.4, -0.2) is 28.2 Å². The summed E-state index contributed by atoms with van der Waals surface area (Å²) in [7, 11) is 0. The second kappa shape index (κ2) is 6.25. The third-order valence-corrected chi connectivity index (χ3v) is 3.22. The van der Waals surface area contributed by atoms with Gasteiger partial charge in [-0.2, -0.15) is 8.78 Å². The van der Waals surface area contributed by atoms with Crippen molar-refractivity contribution in [3.05, 3.63) is 29.5 Å². The summed E-state index contributed by atoms with van der Waals surface area (Å²) in [6.45, 7) is 4.03. The predicted molar refractivity (Wildman–Crippen MR) is 80.8 cm³/mol. The molecule has 0 fully saturated rings. The molecule has 23 heavy (non-hydrogen) atoms. The number of fused-ring (bicyclic) bond motifs is 1. The first-order chi connectivity index (χ1) is 10.6. The lowest BCUT2D eigenvalue weighted by Crippen LogP contribution is -2.25. The van der Waals surface area contributed by atoms with Crippen LogP contribution in [0.1, 0.15) is 43.1 Å². The van der Waals surface area contributed by atoms with E-state index in [1.807, 2.05) is 0 Å². The molecular weight excluding hydrogens is 308 g/mol. The Balaban J connectivity index is 2.58. The first kappa shape index (κ1) is 17.4. The normalized spacial score (nSPS) is 13.6. The highest BCUT2D eigenvalue weighted by Crippen LogP contribution is 2.33. The Morgan fingerprint density at radius 2 is 2.00 bits per heavy atom. The monoisotopic (exact) mass is 327 g/mol. The molecule has 0 radical (unpaired) electrons. The zero-order valence-corrected chi connectivity index (χ0v) is 13.3. The van der Waals surface area contributed by atoms with Gasteiger partial charge in [-0.3, -0.25) is 9.36 Å². The number of aliphatic hydroxyl groups is 1. The number of halogens is 2. The van der Waals surface area contributed by atoms with Crippen LogP contribution in [0, 0.1) is 6.92 Å². The highest BCUT2D eigenvalue weighted by atomic mass is 19.3. The Hall–Kier alpha value is -1.99. The maximum Gasteiger partial charge on any atom is 0.387 e. The number of benzene rings is 1. The molecule has 7 heteroatoms. The van der Waals surface area contributed by atoms with Gasteiger partial charge in [0.1, 0.15) is 5.75 Å². The van der Waals surface area contributed by atoms with Gasteiger partial charge in [-0.15, -0.1) is 0 Å². The SMILES string of the molecule is Cc1cc(OC(F)F)c(C=O)c2ccn(C(O)OC(C)(C)C)c12. The van der Waals surface area contributed by atoms with Gasteiger partial charge in [0.2, 0.25) is 6.41 Å². The van der Waals surface area contributed by atoms with Crippen LogP contribution < -0.4 is 4.74 Å². The number of carbonyl (C=O) groups is 1. The third kappa shape index (κ3) is 3.68. The first-order valence-electron chi connectivity index (χ1n) is 7.04. The Labute approximate surface area is 132 Å². The van der Waals surface area contributed by atoms with Crippen molar-refractivity contribution in [1.29, 1.82) is 0 Å². The smallest absolute Gasteiger partial charge is 0.387 e. The van der Waals surface area contributed by atoms with Gasteiger partial charge in [0.15, 0.2) is 6.29 Å². The predicted octanol–water partition coefficient (Wildman–Crippen LogP) is 3.63. The lowest BCUT2D eigenvalue weighted by molar-refractivity contribution is -0.207. The molecule has 0 saturated carbocycles. The van der Waals surface area contributed by atoms with E-state index in [2.05, 4.69) is 4.74 Å². The summed E-state index contributed by atoms with van der Waals surface area (Å²) in [5.41, 5.74) is 0.511. The highest BCUT2D eigenvalue weighted by molar-refractivity contribution is 6.01. The Bertz CT molecular complexity index is 719. The number of ether oxygens (including phenoxy) is 2. The molecule has 0 bridgehead atoms. The summed E-state index contributed by atoms with van der Waals surface area (Å²) in [5, 5.41) is 10.7. The van der Waals surface area contributed by atoms with Gasteiger partial charge in [-0.1, -0.05) is 0 Å². The number of nitrogens with zero attached hydrogens (tertiary/aromatic N) is 1. The summed E-state index contributed by atoms with van der Waals surface area (Å²) >= 11 is 0. The summed E-state index contributed by atoms with van der Waals surface area (Å²) < 4.78 is 36.3. The van der Waals surface area contributed by atoms with Crippen LogP contribution in [-0.2, 0) is 4.74 Å². The maximum absolute atomic E-state index is 12.5. The first-order valence-corrected chi connectivity index (χ1v) is 7.04. The van der Waals surface area contributed by atoms with Gasteiger partial charge in [0, 0.05) is 11.6 Å². The topological polar surface area (TPSA) is 60.7 Å². The lowest BCUT2D eigenvalue weighted by atomic mass is 10.1. The van der Waals surface area contributed by atoms with Crippen molar-refractivity contribution in [3.63, 3.8) is 0 Å². The Kier molecular flexibility index (Phi) is 4.72. The maximum atomic E-state index is 12.5. The number of alkyl halides is 2. The van der Waals surface area contributed by atoms with Crippen molar-refractivity contribution >= 4 is 17.2 Å². The van der Waals surface area contributed by atoms with Gasteiger partial charge < -0.3 is 14.6 Å². The molecular formula is C16H19F2NO4. The van der Waals surface area contributed by atoms with E-state index in [0.29, 0.717) is 22.8 Å². The largest absolute Gasteiger partial charge is 0.434 e. The van der Waals surface area contributed by atoms with Crippen LogP contribution in [0.2, 0.25) is 0 Å². The molecule has 1 atom stereocenters. The second-order valence-electron chi connectivity index (χ2n) is 6.14. The average Bonchev–Trinajstić information content (AvgIpc) is 2.81. The summed E-state index contributed by atoms with van der Waals surface area (Å²) in [6.07, 6.45) is 0.723. The molecule has 2 aromatic rings. The second-order valence-corrected chi connectivity index (χ2v) is 6.14. The van der Waals surface area contributed by atoms with Crippen molar-refractivity contribution < 1.29 is 28.2 Å². The minimum Gasteiger partial charge on any atom is -0.434 e. The number of hydrogen-bond donors (Lipinski definition) is 1. The van der Waals surface area contributed by atoms with E-state index in [1.54, 1.807) is 33.8 Å². The third-order valence-electron chi connectivity index (χ3n) is 3.22. The van der Waals surface area contributed by atoms with Gasteiger partial charge in [0.25, 0.3) is 0 Å². The average molecular weight is 327 g/mol. The number of rotatable bonds is 5. The van der Waals surface area contributed by atoms with Gasteiger partial charge in [-0.05, 0) is 45.4 Å². The molecule has 0 aliphatic heterocycles. The van der Waals surface area contributed by atoms with E-state index >= 15 is 0 Å². The quantitative estimate of drug-likeness (QED) is 0.673. The number of hydrogen-bond acceptors (Lipinski definition) is 4. The van der Waals surface area contributed by atoms with Gasteiger partial charge in [-0.25, -0.2) is 0 Å². The van der Waals surface area contributed by atoms with Crippen molar-refractivity contribution in [2.75, 3.05) is 0 Å². The zero-order chi connectivity index (χ0) is 17.4. The lowest BCUT2D eigenvalue weighted by Gasteiger charge is -2.25. The van der Waals surface area contributed by atoms with E-state index < -0.39 is 18.6 Å². The highest BCUT2D eigenvalue weighted by Gasteiger charge is 2.22. The summed E-state index contributed by atoms with van der Waals surface area (Å²) in [5.74, 6) is -0.191. The Morgan fingerprint density at radius 3 is 2.52 bits per heavy atom. The standard InChI is InChI=1S/C16H19F2NO4/c1-9-7-12(22-14(17)18)11(8-20)10-5-6-19(13(9)10)15(21)23-16(2,3)4/h5-8,14-15,21H,1-4H3. The number of aliphatic hydroxyl groups excluding tert-OH is 1.